The molecule has 0 fully saturated rings. The normalized spacial score (nSPS) is 10.9. The molecular formula is C14H19FN4S. The van der Waals surface area contributed by atoms with E-state index in [2.05, 4.69) is 10.3 Å². The lowest BCUT2D eigenvalue weighted by Gasteiger charge is -2.02. The predicted octanol–water partition coefficient (Wildman–Crippen LogP) is 2.49. The van der Waals surface area contributed by atoms with Gasteiger partial charge in [-0.05, 0) is 37.9 Å². The molecule has 0 bridgehead atoms. The van der Waals surface area contributed by atoms with Gasteiger partial charge in [0.25, 0.3) is 0 Å². The van der Waals surface area contributed by atoms with Gasteiger partial charge < -0.3 is 5.73 Å². The Hall–Kier alpha value is -1.40. The van der Waals surface area contributed by atoms with Crippen molar-refractivity contribution in [1.29, 1.82) is 0 Å². The van der Waals surface area contributed by atoms with Crippen LogP contribution in [0.5, 0.6) is 0 Å². The molecule has 0 unspecified atom stereocenters. The summed E-state index contributed by atoms with van der Waals surface area (Å²) < 4.78 is 15.2. The van der Waals surface area contributed by atoms with Crippen LogP contribution < -0.4 is 5.73 Å². The van der Waals surface area contributed by atoms with E-state index >= 15 is 0 Å². The molecule has 0 saturated heterocycles. The van der Waals surface area contributed by atoms with Crippen molar-refractivity contribution in [3.8, 4) is 0 Å². The van der Waals surface area contributed by atoms with Crippen molar-refractivity contribution in [3.05, 3.63) is 42.0 Å². The zero-order chi connectivity index (χ0) is 14.2. The summed E-state index contributed by atoms with van der Waals surface area (Å²) in [5.74, 6) is 0.602. The van der Waals surface area contributed by atoms with Crippen LogP contribution in [0.25, 0.3) is 0 Å². The molecule has 0 aliphatic heterocycles. The van der Waals surface area contributed by atoms with Crippen molar-refractivity contribution in [2.75, 3.05) is 12.3 Å². The topological polar surface area (TPSA) is 56.7 Å². The molecule has 0 radical (unpaired) electrons. The van der Waals surface area contributed by atoms with E-state index in [4.69, 9.17) is 5.73 Å². The van der Waals surface area contributed by atoms with Gasteiger partial charge in [-0.3, -0.25) is 4.68 Å². The Morgan fingerprint density at radius 1 is 1.25 bits per heavy atom. The summed E-state index contributed by atoms with van der Waals surface area (Å²) in [6, 6.07) is 6.81. The molecule has 0 amide bonds. The van der Waals surface area contributed by atoms with Crippen LogP contribution in [0.2, 0.25) is 0 Å². The Balaban J connectivity index is 1.75. The number of aromatic nitrogens is 3. The van der Waals surface area contributed by atoms with Gasteiger partial charge in [-0.1, -0.05) is 17.3 Å². The molecule has 0 saturated carbocycles. The number of hydrogen-bond acceptors (Lipinski definition) is 4. The van der Waals surface area contributed by atoms with Crippen molar-refractivity contribution >= 4 is 11.8 Å². The molecule has 1 aromatic carbocycles. The van der Waals surface area contributed by atoms with Gasteiger partial charge in [0.1, 0.15) is 5.82 Å². The van der Waals surface area contributed by atoms with E-state index in [0.29, 0.717) is 11.4 Å². The van der Waals surface area contributed by atoms with Crippen LogP contribution in [0.3, 0.4) is 0 Å². The summed E-state index contributed by atoms with van der Waals surface area (Å²) in [6.07, 6.45) is 4.92. The highest BCUT2D eigenvalue weighted by Crippen LogP contribution is 2.21. The zero-order valence-corrected chi connectivity index (χ0v) is 12.2. The van der Waals surface area contributed by atoms with Gasteiger partial charge in [-0.25, -0.2) is 4.39 Å². The second-order valence-corrected chi connectivity index (χ2v) is 5.63. The monoisotopic (exact) mass is 294 g/mol. The molecule has 20 heavy (non-hydrogen) atoms. The number of thioether (sulfide) groups is 1. The highest BCUT2D eigenvalue weighted by Gasteiger charge is 2.03. The van der Waals surface area contributed by atoms with Crippen LogP contribution in [0, 0.1) is 5.82 Å². The average molecular weight is 294 g/mol. The Bertz CT molecular complexity index is 529. The first-order valence-electron chi connectivity index (χ1n) is 6.76. The molecule has 2 aromatic rings. The molecule has 0 spiro atoms. The van der Waals surface area contributed by atoms with E-state index in [-0.39, 0.29) is 5.82 Å². The van der Waals surface area contributed by atoms with Crippen LogP contribution in [-0.4, -0.2) is 27.3 Å². The molecule has 0 aliphatic rings. The minimum absolute atomic E-state index is 0.168. The molecule has 1 aromatic heterocycles. The number of rotatable bonds is 8. The molecular weight excluding hydrogens is 275 g/mol. The highest BCUT2D eigenvalue weighted by atomic mass is 32.2. The Morgan fingerprint density at radius 3 is 2.90 bits per heavy atom. The fourth-order valence-corrected chi connectivity index (χ4v) is 2.70. The van der Waals surface area contributed by atoms with Gasteiger partial charge in [0.15, 0.2) is 0 Å². The summed E-state index contributed by atoms with van der Waals surface area (Å²) in [5.41, 5.74) is 6.45. The number of aryl methyl sites for hydroxylation is 2. The smallest absolute Gasteiger partial charge is 0.136 e. The number of unbranched alkanes of at least 4 members (excludes halogenated alkanes) is 1. The minimum Gasteiger partial charge on any atom is -0.330 e. The summed E-state index contributed by atoms with van der Waals surface area (Å²) in [7, 11) is 0. The minimum atomic E-state index is -0.168. The van der Waals surface area contributed by atoms with Gasteiger partial charge in [-0.2, -0.15) is 0 Å². The first kappa shape index (κ1) is 15.0. The van der Waals surface area contributed by atoms with E-state index in [1.54, 1.807) is 12.1 Å². The van der Waals surface area contributed by atoms with E-state index in [1.165, 1.54) is 17.8 Å². The second-order valence-electron chi connectivity index (χ2n) is 4.50. The van der Waals surface area contributed by atoms with E-state index < -0.39 is 0 Å². The van der Waals surface area contributed by atoms with Gasteiger partial charge in [0.05, 0.1) is 12.2 Å². The van der Waals surface area contributed by atoms with Gasteiger partial charge in [-0.15, -0.1) is 16.9 Å². The highest BCUT2D eigenvalue weighted by molar-refractivity contribution is 7.99. The maximum absolute atomic E-state index is 13.4. The third-order valence-corrected chi connectivity index (χ3v) is 3.92. The molecule has 108 valence electrons. The summed E-state index contributed by atoms with van der Waals surface area (Å²) in [5, 5.41) is 8.20. The lowest BCUT2D eigenvalue weighted by Crippen LogP contribution is -2.01. The predicted molar refractivity (Wildman–Crippen MR) is 79.1 cm³/mol. The lowest BCUT2D eigenvalue weighted by molar-refractivity contribution is 0.600. The Morgan fingerprint density at radius 2 is 2.10 bits per heavy atom. The van der Waals surface area contributed by atoms with Gasteiger partial charge in [0, 0.05) is 16.8 Å². The van der Waals surface area contributed by atoms with Gasteiger partial charge >= 0.3 is 0 Å². The third kappa shape index (κ3) is 4.61. The third-order valence-electron chi connectivity index (χ3n) is 2.89. The van der Waals surface area contributed by atoms with Crippen molar-refractivity contribution < 1.29 is 4.39 Å². The molecule has 6 heteroatoms. The molecule has 4 nitrogen and oxygen atoms in total. The first-order valence-corrected chi connectivity index (χ1v) is 7.74. The zero-order valence-electron chi connectivity index (χ0n) is 11.3. The van der Waals surface area contributed by atoms with Gasteiger partial charge in [0.2, 0.25) is 0 Å². The van der Waals surface area contributed by atoms with Crippen molar-refractivity contribution in [2.45, 2.75) is 30.7 Å². The maximum atomic E-state index is 13.4. The van der Waals surface area contributed by atoms with Crippen LogP contribution >= 0.6 is 11.8 Å². The van der Waals surface area contributed by atoms with Crippen LogP contribution in [0.15, 0.2) is 35.4 Å². The number of hydrogen-bond donors (Lipinski definition) is 1. The van der Waals surface area contributed by atoms with E-state index in [9.17, 15) is 4.39 Å². The fourth-order valence-electron chi connectivity index (χ4n) is 1.82. The van der Waals surface area contributed by atoms with Crippen molar-refractivity contribution in [2.24, 2.45) is 5.73 Å². The first-order chi connectivity index (χ1) is 9.79. The molecule has 0 atom stereocenters. The standard InChI is InChI=1S/C14H19FN4S/c15-13-6-1-2-7-14(13)20-10-9-19-11-12(17-18-19)5-3-4-8-16/h1-2,6-7,11H,3-5,8-10,16H2. The molecule has 1 heterocycles. The summed E-state index contributed by atoms with van der Waals surface area (Å²) >= 11 is 1.49. The summed E-state index contributed by atoms with van der Waals surface area (Å²) in [6.45, 7) is 1.44. The largest absolute Gasteiger partial charge is 0.330 e. The molecule has 2 rings (SSSR count). The molecule has 2 N–H and O–H groups in total. The quantitative estimate of drug-likeness (QED) is 0.600. The molecule has 0 aliphatic carbocycles. The number of halogens is 1. The van der Waals surface area contributed by atoms with Crippen LogP contribution in [0.1, 0.15) is 18.5 Å². The SMILES string of the molecule is NCCCCc1cn(CCSc2ccccc2F)nn1. The van der Waals surface area contributed by atoms with Crippen molar-refractivity contribution in [3.63, 3.8) is 0 Å². The summed E-state index contributed by atoms with van der Waals surface area (Å²) in [4.78, 5) is 0.677. The van der Waals surface area contributed by atoms with Crippen molar-refractivity contribution in [1.82, 2.24) is 15.0 Å². The van der Waals surface area contributed by atoms with Crippen LogP contribution in [0.4, 0.5) is 4.39 Å². The van der Waals surface area contributed by atoms with E-state index in [1.807, 2.05) is 16.9 Å². The second kappa shape index (κ2) is 8.01. The lowest BCUT2D eigenvalue weighted by atomic mass is 10.2. The Labute approximate surface area is 122 Å². The average Bonchev–Trinajstić information content (AvgIpc) is 2.89. The fraction of sp³-hybridized carbons (Fsp3) is 0.429. The van der Waals surface area contributed by atoms with Crippen LogP contribution in [-0.2, 0) is 13.0 Å². The number of nitrogens with two attached hydrogens (primary N) is 1. The maximum Gasteiger partial charge on any atom is 0.136 e. The number of benzene rings is 1. The number of nitrogens with zero attached hydrogens (tertiary/aromatic N) is 3. The Kier molecular flexibility index (Phi) is 6.01. The van der Waals surface area contributed by atoms with E-state index in [0.717, 1.165) is 37.3 Å².